The molecule has 1 N–H and O–H groups in total. The first-order valence-corrected chi connectivity index (χ1v) is 15.9. The first kappa shape index (κ1) is 33.8. The molecule has 1 fully saturated rings. The molecule has 1 saturated heterocycles. The highest BCUT2D eigenvalue weighted by Gasteiger charge is 2.40. The zero-order valence-corrected chi connectivity index (χ0v) is 26.1. The number of sulfonamides is 1. The maximum Gasteiger partial charge on any atom is 0.248 e. The number of nitrogens with one attached hydrogen (secondary N) is 1. The predicted molar refractivity (Wildman–Crippen MR) is 167 cm³/mol. The normalized spacial score (nSPS) is 17.1. The molecular formula is C31H41BN4O6S. The Bertz CT molecular complexity index is 1390. The van der Waals surface area contributed by atoms with Crippen molar-refractivity contribution in [3.05, 3.63) is 66.2 Å². The first-order chi connectivity index (χ1) is 20.5. The zero-order chi connectivity index (χ0) is 31.6. The van der Waals surface area contributed by atoms with E-state index < -0.39 is 46.1 Å². The molecule has 0 saturated carbocycles. The molecule has 10 nitrogen and oxygen atoms in total. The molecule has 3 amide bonds. The SMILES string of the molecule is BC(=O)N(C)[C@@H](C)C(=O)N[C@H](C(=O)N1CCC[C@H]1CN(CCc1ccccc1)S(=O)(=O)c1ccccc1)[C@@H](C)OCC#C. The van der Waals surface area contributed by atoms with Gasteiger partial charge in [-0.05, 0) is 50.8 Å². The Kier molecular flexibility index (Phi) is 12.4. The number of likely N-dealkylation sites (tertiary alicyclic amines) is 1. The van der Waals surface area contributed by atoms with Crippen LogP contribution in [0.5, 0.6) is 0 Å². The Morgan fingerprint density at radius 2 is 1.74 bits per heavy atom. The number of benzene rings is 2. The summed E-state index contributed by atoms with van der Waals surface area (Å²) in [6, 6.07) is 15.6. The van der Waals surface area contributed by atoms with E-state index in [1.165, 1.54) is 24.1 Å². The van der Waals surface area contributed by atoms with Gasteiger partial charge in [0.2, 0.25) is 29.7 Å². The third kappa shape index (κ3) is 8.92. The number of hydrogen-bond donors (Lipinski definition) is 1. The second-order valence-electron chi connectivity index (χ2n) is 10.8. The Labute approximate surface area is 256 Å². The lowest BCUT2D eigenvalue weighted by Crippen LogP contribution is -2.59. The van der Waals surface area contributed by atoms with Crippen LogP contribution in [0.3, 0.4) is 0 Å². The highest BCUT2D eigenvalue weighted by molar-refractivity contribution is 7.89. The summed E-state index contributed by atoms with van der Waals surface area (Å²) >= 11 is 0. The molecule has 1 heterocycles. The predicted octanol–water partition coefficient (Wildman–Crippen LogP) is 1.51. The van der Waals surface area contributed by atoms with E-state index in [0.29, 0.717) is 25.8 Å². The number of likely N-dealkylation sites (N-methyl/N-ethyl adjacent to an activating group) is 1. The summed E-state index contributed by atoms with van der Waals surface area (Å²) in [6.45, 7) is 3.89. The lowest BCUT2D eigenvalue weighted by atomic mass is 10.1. The van der Waals surface area contributed by atoms with Gasteiger partial charge < -0.3 is 19.9 Å². The van der Waals surface area contributed by atoms with E-state index in [-0.39, 0.29) is 30.4 Å². The molecule has 2 aromatic carbocycles. The monoisotopic (exact) mass is 608 g/mol. The van der Waals surface area contributed by atoms with Gasteiger partial charge in [-0.15, -0.1) is 6.42 Å². The number of nitrogens with zero attached hydrogens (tertiary/aromatic N) is 3. The summed E-state index contributed by atoms with van der Waals surface area (Å²) in [7, 11) is -1.000. The van der Waals surface area contributed by atoms with Gasteiger partial charge in [0.1, 0.15) is 18.7 Å². The molecule has 0 spiro atoms. The number of carbonyl (C=O) groups excluding carboxylic acids is 3. The fourth-order valence-electron chi connectivity index (χ4n) is 5.06. The highest BCUT2D eigenvalue weighted by atomic mass is 32.2. The highest BCUT2D eigenvalue weighted by Crippen LogP contribution is 2.24. The molecule has 230 valence electrons. The van der Waals surface area contributed by atoms with Gasteiger partial charge in [-0.25, -0.2) is 8.42 Å². The van der Waals surface area contributed by atoms with Crippen LogP contribution in [0.1, 0.15) is 32.3 Å². The number of hydrogen-bond acceptors (Lipinski definition) is 6. The van der Waals surface area contributed by atoms with Gasteiger partial charge >= 0.3 is 0 Å². The summed E-state index contributed by atoms with van der Waals surface area (Å²) in [4.78, 5) is 42.1. The van der Waals surface area contributed by atoms with Crippen LogP contribution in [0, 0.1) is 12.3 Å². The van der Waals surface area contributed by atoms with Crippen molar-refractivity contribution in [2.75, 3.05) is 33.3 Å². The van der Waals surface area contributed by atoms with Crippen molar-refractivity contribution in [1.29, 1.82) is 0 Å². The molecule has 4 atom stereocenters. The Morgan fingerprint density at radius 3 is 2.35 bits per heavy atom. The van der Waals surface area contributed by atoms with Crippen LogP contribution in [0.15, 0.2) is 65.6 Å². The summed E-state index contributed by atoms with van der Waals surface area (Å²) in [5.41, 5.74) is 1.00. The summed E-state index contributed by atoms with van der Waals surface area (Å²) in [6.07, 6.45) is 6.38. The van der Waals surface area contributed by atoms with E-state index in [0.717, 1.165) is 5.56 Å². The minimum Gasteiger partial charge on any atom is -0.363 e. The number of amides is 3. The topological polar surface area (TPSA) is 116 Å². The summed E-state index contributed by atoms with van der Waals surface area (Å²) in [5, 5.41) is 2.77. The van der Waals surface area contributed by atoms with Crippen molar-refractivity contribution in [3.8, 4) is 12.3 Å². The maximum absolute atomic E-state index is 14.0. The first-order valence-electron chi connectivity index (χ1n) is 14.5. The summed E-state index contributed by atoms with van der Waals surface area (Å²) < 4.78 is 34.7. The second kappa shape index (κ2) is 15.7. The van der Waals surface area contributed by atoms with Crippen LogP contribution in [0.25, 0.3) is 0 Å². The number of terminal acetylenes is 1. The van der Waals surface area contributed by atoms with Crippen LogP contribution in [0.2, 0.25) is 0 Å². The maximum atomic E-state index is 14.0. The van der Waals surface area contributed by atoms with Crippen LogP contribution >= 0.6 is 0 Å². The molecule has 1 aliphatic rings. The second-order valence-corrected chi connectivity index (χ2v) is 12.7. The van der Waals surface area contributed by atoms with Gasteiger partial charge in [-0.3, -0.25) is 14.4 Å². The van der Waals surface area contributed by atoms with Crippen molar-refractivity contribution in [1.82, 2.24) is 19.4 Å². The third-order valence-electron chi connectivity index (χ3n) is 7.87. The van der Waals surface area contributed by atoms with Crippen molar-refractivity contribution < 1.29 is 27.5 Å². The van der Waals surface area contributed by atoms with E-state index in [1.54, 1.807) is 49.1 Å². The average molecular weight is 609 g/mol. The number of rotatable bonds is 14. The van der Waals surface area contributed by atoms with Gasteiger partial charge in [-0.1, -0.05) is 54.5 Å². The van der Waals surface area contributed by atoms with Crippen LogP contribution in [-0.2, 0) is 30.8 Å². The van der Waals surface area contributed by atoms with Crippen molar-refractivity contribution >= 4 is 35.5 Å². The third-order valence-corrected chi connectivity index (χ3v) is 9.75. The van der Waals surface area contributed by atoms with E-state index in [4.69, 9.17) is 11.2 Å². The molecule has 0 bridgehead atoms. The standard InChI is InChI=1S/C31H41BN4O6S/c1-5-21-42-24(3)28(33-29(37)23(2)34(4)31(32)39)30(38)36-19-12-15-26(36)22-35(20-18-25-13-8-6-9-14-25)43(40,41)27-16-10-7-11-17-27/h1,6-11,13-14,16-17,23-24,26,28H,12,15,18-22,32H2,2-4H3,(H,33,37)/t23-,24+,26-,28-/m0/s1. The number of carbonyl (C=O) groups is 3. The van der Waals surface area contributed by atoms with Crippen LogP contribution in [0.4, 0.5) is 4.79 Å². The quantitative estimate of drug-likeness (QED) is 0.257. The Hall–Kier alpha value is -3.66. The average Bonchev–Trinajstić information content (AvgIpc) is 3.48. The number of ether oxygens (including phenoxy) is 1. The minimum atomic E-state index is -3.86. The van der Waals surface area contributed by atoms with Crippen LogP contribution in [-0.4, -0.2) is 106 Å². The Morgan fingerprint density at radius 1 is 1.12 bits per heavy atom. The smallest absolute Gasteiger partial charge is 0.248 e. The van der Waals surface area contributed by atoms with E-state index >= 15 is 0 Å². The van der Waals surface area contributed by atoms with Gasteiger partial charge in [-0.2, -0.15) is 4.31 Å². The fourth-order valence-corrected chi connectivity index (χ4v) is 6.56. The van der Waals surface area contributed by atoms with E-state index in [2.05, 4.69) is 11.2 Å². The van der Waals surface area contributed by atoms with Gasteiger partial charge in [0.25, 0.3) is 0 Å². The van der Waals surface area contributed by atoms with Crippen molar-refractivity contribution in [3.63, 3.8) is 0 Å². The molecular weight excluding hydrogens is 567 g/mol. The van der Waals surface area contributed by atoms with Crippen molar-refractivity contribution in [2.45, 2.75) is 62.2 Å². The minimum absolute atomic E-state index is 0.0598. The largest absolute Gasteiger partial charge is 0.363 e. The van der Waals surface area contributed by atoms with Gasteiger partial charge in [0.05, 0.1) is 11.0 Å². The molecule has 12 heteroatoms. The molecule has 1 aliphatic heterocycles. The van der Waals surface area contributed by atoms with Crippen LogP contribution < -0.4 is 5.32 Å². The molecule has 0 unspecified atom stereocenters. The Balaban J connectivity index is 1.86. The molecule has 0 radical (unpaired) electrons. The fraction of sp³-hybridized carbons (Fsp3) is 0.452. The van der Waals surface area contributed by atoms with Gasteiger partial charge in [0, 0.05) is 32.7 Å². The molecule has 0 aliphatic carbocycles. The molecule has 0 aromatic heterocycles. The zero-order valence-electron chi connectivity index (χ0n) is 25.3. The van der Waals surface area contributed by atoms with Gasteiger partial charge in [0.15, 0.2) is 5.81 Å². The van der Waals surface area contributed by atoms with E-state index in [1.807, 2.05) is 30.3 Å². The van der Waals surface area contributed by atoms with Crippen molar-refractivity contribution in [2.24, 2.45) is 0 Å². The molecule has 3 rings (SSSR count). The summed E-state index contributed by atoms with van der Waals surface area (Å²) in [5.74, 6) is 1.18. The lowest BCUT2D eigenvalue weighted by molar-refractivity contribution is -0.142. The molecule has 43 heavy (non-hydrogen) atoms. The van der Waals surface area contributed by atoms with E-state index in [9.17, 15) is 22.8 Å². The lowest BCUT2D eigenvalue weighted by Gasteiger charge is -2.35. The molecule has 2 aromatic rings.